The average molecular weight is 213 g/mol. The van der Waals surface area contributed by atoms with Crippen molar-refractivity contribution in [1.82, 2.24) is 0 Å². The number of nitrogens with zero attached hydrogens (tertiary/aromatic N) is 2. The van der Waals surface area contributed by atoms with Crippen LogP contribution in [-0.4, -0.2) is 11.0 Å². The number of rotatable bonds is 2. The number of hydrogen-bond donors (Lipinski definition) is 0. The fourth-order valence-electron chi connectivity index (χ4n) is 0.941. The molecule has 5 nitrogen and oxygen atoms in total. The molecule has 0 aliphatic heterocycles. The zero-order chi connectivity index (χ0) is 10.7. The van der Waals surface area contributed by atoms with E-state index >= 15 is 0 Å². The Morgan fingerprint density at radius 3 is 2.71 bits per heavy atom. The van der Waals surface area contributed by atoms with Gasteiger partial charge in [-0.05, 0) is 18.6 Å². The minimum atomic E-state index is -0.625. The Bertz CT molecular complexity index is 411. The first kappa shape index (κ1) is 10.4. The molecule has 0 N–H and O–H groups in total. The van der Waals surface area contributed by atoms with E-state index in [2.05, 4.69) is 4.99 Å². The molecule has 14 heavy (non-hydrogen) atoms. The van der Waals surface area contributed by atoms with Gasteiger partial charge in [0.25, 0.3) is 5.69 Å². The number of halogens is 1. The zero-order valence-electron chi connectivity index (χ0n) is 7.15. The third-order valence-electron chi connectivity index (χ3n) is 1.62. The third-order valence-corrected chi connectivity index (χ3v) is 2.03. The summed E-state index contributed by atoms with van der Waals surface area (Å²) in [4.78, 5) is 23.1. The van der Waals surface area contributed by atoms with Crippen LogP contribution in [0.5, 0.6) is 0 Å². The lowest BCUT2D eigenvalue weighted by Crippen LogP contribution is -1.90. The van der Waals surface area contributed by atoms with Gasteiger partial charge < -0.3 is 0 Å². The summed E-state index contributed by atoms with van der Waals surface area (Å²) in [6.45, 7) is 1.63. The number of benzene rings is 1. The first-order valence-corrected chi connectivity index (χ1v) is 3.96. The molecule has 0 spiro atoms. The lowest BCUT2D eigenvalue weighted by atomic mass is 10.2. The lowest BCUT2D eigenvalue weighted by Gasteiger charge is -1.99. The molecule has 1 aromatic carbocycles. The molecule has 0 bridgehead atoms. The van der Waals surface area contributed by atoms with Crippen molar-refractivity contribution in [3.05, 3.63) is 32.8 Å². The van der Waals surface area contributed by atoms with Crippen LogP contribution < -0.4 is 0 Å². The number of isocyanates is 1. The molecule has 0 amide bonds. The van der Waals surface area contributed by atoms with E-state index in [1.807, 2.05) is 0 Å². The average Bonchev–Trinajstić information content (AvgIpc) is 2.11. The number of nitro benzene ring substituents is 1. The third kappa shape index (κ3) is 1.96. The van der Waals surface area contributed by atoms with Gasteiger partial charge in [-0.1, -0.05) is 11.6 Å². The Hall–Kier alpha value is -1.71. The van der Waals surface area contributed by atoms with Crippen LogP contribution in [0.3, 0.4) is 0 Å². The quantitative estimate of drug-likeness (QED) is 0.327. The van der Waals surface area contributed by atoms with E-state index in [-0.39, 0.29) is 11.4 Å². The van der Waals surface area contributed by atoms with E-state index in [0.717, 1.165) is 0 Å². The minimum absolute atomic E-state index is 0.0828. The second-order valence-corrected chi connectivity index (χ2v) is 2.96. The first-order chi connectivity index (χ1) is 6.56. The van der Waals surface area contributed by atoms with Crippen LogP contribution in [0.2, 0.25) is 5.02 Å². The van der Waals surface area contributed by atoms with Gasteiger partial charge in [0.15, 0.2) is 5.69 Å². The van der Waals surface area contributed by atoms with Crippen LogP contribution in [-0.2, 0) is 4.79 Å². The Morgan fingerprint density at radius 1 is 1.57 bits per heavy atom. The molecule has 0 radical (unpaired) electrons. The summed E-state index contributed by atoms with van der Waals surface area (Å²) in [6.07, 6.45) is 1.24. The number of nitro groups is 1. The zero-order valence-corrected chi connectivity index (χ0v) is 7.91. The highest BCUT2D eigenvalue weighted by Gasteiger charge is 2.15. The minimum Gasteiger partial charge on any atom is -0.258 e. The van der Waals surface area contributed by atoms with Crippen molar-refractivity contribution in [3.8, 4) is 0 Å². The van der Waals surface area contributed by atoms with Gasteiger partial charge in [-0.3, -0.25) is 10.1 Å². The molecule has 0 aliphatic carbocycles. The monoisotopic (exact) mass is 212 g/mol. The first-order valence-electron chi connectivity index (χ1n) is 3.58. The molecular weight excluding hydrogens is 208 g/mol. The second-order valence-electron chi connectivity index (χ2n) is 2.55. The summed E-state index contributed by atoms with van der Waals surface area (Å²) in [7, 11) is 0. The Morgan fingerprint density at radius 2 is 2.21 bits per heavy atom. The summed E-state index contributed by atoms with van der Waals surface area (Å²) in [6, 6.07) is 2.53. The molecule has 1 aromatic rings. The van der Waals surface area contributed by atoms with Crippen LogP contribution in [0.25, 0.3) is 0 Å². The molecule has 0 unspecified atom stereocenters. The van der Waals surface area contributed by atoms with Crippen LogP contribution in [0.1, 0.15) is 5.56 Å². The van der Waals surface area contributed by atoms with Gasteiger partial charge in [-0.25, -0.2) is 4.79 Å². The van der Waals surface area contributed by atoms with E-state index < -0.39 is 4.92 Å². The van der Waals surface area contributed by atoms with Crippen molar-refractivity contribution in [2.45, 2.75) is 6.92 Å². The summed E-state index contributed by atoms with van der Waals surface area (Å²) in [5.41, 5.74) is 0.221. The highest BCUT2D eigenvalue weighted by Crippen LogP contribution is 2.32. The van der Waals surface area contributed by atoms with Gasteiger partial charge in [0, 0.05) is 11.1 Å². The molecule has 6 heteroatoms. The molecule has 72 valence electrons. The van der Waals surface area contributed by atoms with Crippen LogP contribution in [0.4, 0.5) is 11.4 Å². The van der Waals surface area contributed by atoms with Gasteiger partial charge in [-0.15, -0.1) is 0 Å². The van der Waals surface area contributed by atoms with Gasteiger partial charge in [0.2, 0.25) is 6.08 Å². The van der Waals surface area contributed by atoms with Crippen LogP contribution in [0, 0.1) is 17.0 Å². The van der Waals surface area contributed by atoms with Crippen molar-refractivity contribution >= 4 is 29.1 Å². The maximum absolute atomic E-state index is 10.5. The second kappa shape index (κ2) is 4.00. The van der Waals surface area contributed by atoms with Gasteiger partial charge >= 0.3 is 0 Å². The Labute approximate surface area is 84.2 Å². The number of aryl methyl sites for hydroxylation is 1. The van der Waals surface area contributed by atoms with Crippen molar-refractivity contribution in [2.75, 3.05) is 0 Å². The van der Waals surface area contributed by atoms with E-state index in [1.165, 1.54) is 18.2 Å². The summed E-state index contributed by atoms with van der Waals surface area (Å²) in [5.74, 6) is 0. The van der Waals surface area contributed by atoms with Crippen molar-refractivity contribution < 1.29 is 9.72 Å². The maximum Gasteiger partial charge on any atom is 0.296 e. The number of hydrogen-bond acceptors (Lipinski definition) is 4. The standard InChI is InChI=1S/C8H5ClN2O3/c1-5-2-8(11(13)14)7(10-4-12)3-6(5)9/h2-3H,1H3. The van der Waals surface area contributed by atoms with Gasteiger partial charge in [0.05, 0.1) is 4.92 Å². The molecule has 1 rings (SSSR count). The predicted molar refractivity (Wildman–Crippen MR) is 50.6 cm³/mol. The fraction of sp³-hybridized carbons (Fsp3) is 0.125. The molecule has 0 heterocycles. The van der Waals surface area contributed by atoms with Crippen molar-refractivity contribution in [1.29, 1.82) is 0 Å². The fourth-order valence-corrected chi connectivity index (χ4v) is 1.10. The summed E-state index contributed by atoms with van der Waals surface area (Å²) < 4.78 is 0. The van der Waals surface area contributed by atoms with Crippen LogP contribution in [0.15, 0.2) is 17.1 Å². The SMILES string of the molecule is Cc1cc([N+](=O)[O-])c(N=C=O)cc1Cl. The number of aliphatic imine (C=N–C) groups is 1. The molecule has 0 atom stereocenters. The molecule has 0 saturated heterocycles. The van der Waals surface area contributed by atoms with Gasteiger partial charge in [0.1, 0.15) is 0 Å². The predicted octanol–water partition coefficient (Wildman–Crippen LogP) is 2.52. The molecular formula is C8H5ClN2O3. The number of carbonyl (C=O) groups excluding carboxylic acids is 1. The summed E-state index contributed by atoms with van der Waals surface area (Å²) >= 11 is 5.71. The topological polar surface area (TPSA) is 72.6 Å². The van der Waals surface area contributed by atoms with Crippen LogP contribution >= 0.6 is 11.6 Å². The highest BCUT2D eigenvalue weighted by atomic mass is 35.5. The normalized spacial score (nSPS) is 9.29. The maximum atomic E-state index is 10.5. The molecule has 0 fully saturated rings. The van der Waals surface area contributed by atoms with Crippen molar-refractivity contribution in [2.24, 2.45) is 4.99 Å². The van der Waals surface area contributed by atoms with E-state index in [9.17, 15) is 14.9 Å². The Kier molecular flexibility index (Phi) is 2.96. The molecule has 0 aliphatic rings. The Balaban J connectivity index is 3.45. The highest BCUT2D eigenvalue weighted by molar-refractivity contribution is 6.31. The largest absolute Gasteiger partial charge is 0.296 e. The van der Waals surface area contributed by atoms with Crippen molar-refractivity contribution in [3.63, 3.8) is 0 Å². The van der Waals surface area contributed by atoms with E-state index in [4.69, 9.17) is 11.6 Å². The lowest BCUT2D eigenvalue weighted by molar-refractivity contribution is -0.384. The molecule has 0 aromatic heterocycles. The molecule has 0 saturated carbocycles. The smallest absolute Gasteiger partial charge is 0.258 e. The summed E-state index contributed by atoms with van der Waals surface area (Å²) in [5, 5.41) is 10.9. The van der Waals surface area contributed by atoms with E-state index in [1.54, 1.807) is 6.92 Å². The van der Waals surface area contributed by atoms with E-state index in [0.29, 0.717) is 10.6 Å². The van der Waals surface area contributed by atoms with Gasteiger partial charge in [-0.2, -0.15) is 4.99 Å².